The van der Waals surface area contributed by atoms with Crippen LogP contribution in [0.2, 0.25) is 0 Å². The van der Waals surface area contributed by atoms with E-state index in [1.165, 1.54) is 74.6 Å². The van der Waals surface area contributed by atoms with Gasteiger partial charge in [0.15, 0.2) is 23.2 Å². The average Bonchev–Trinajstić information content (AvgIpc) is 1.58. The minimum atomic E-state index is 0.479. The van der Waals surface area contributed by atoms with Crippen LogP contribution in [0.15, 0.2) is 425 Å². The van der Waals surface area contributed by atoms with Gasteiger partial charge in [-0.05, 0) is 230 Å². The van der Waals surface area contributed by atoms with Gasteiger partial charge < -0.3 is 13.7 Å². The Balaban J connectivity index is 0.000000143. The second-order valence-electron chi connectivity index (χ2n) is 32.1. The molecule has 25 rings (SSSR count). The van der Waals surface area contributed by atoms with Crippen molar-refractivity contribution in [3.8, 4) is 130 Å². The van der Waals surface area contributed by atoms with Crippen LogP contribution in [-0.4, -0.2) is 53.6 Å². The highest BCUT2D eigenvalue weighted by Gasteiger charge is 2.24. The number of rotatable bonds is 13. The maximum absolute atomic E-state index is 8.31. The van der Waals surface area contributed by atoms with E-state index in [4.69, 9.17) is 31.5 Å². The molecule has 0 aliphatic rings. The molecule has 0 amide bonds. The Morgan fingerprint density at radius 2 is 0.672 bits per heavy atom. The van der Waals surface area contributed by atoms with E-state index in [-0.39, 0.29) is 0 Å². The van der Waals surface area contributed by atoms with Crippen molar-refractivity contribution >= 4 is 124 Å². The summed E-state index contributed by atoms with van der Waals surface area (Å²) >= 11 is 1.86. The number of thiophene rings is 1. The van der Waals surface area contributed by atoms with E-state index in [2.05, 4.69) is 337 Å². The third-order valence-corrected chi connectivity index (χ3v) is 25.8. The number of pyridine rings is 3. The first kappa shape index (κ1) is 74.5. The van der Waals surface area contributed by atoms with Gasteiger partial charge in [-0.3, -0.25) is 15.0 Å². The Bertz CT molecular complexity index is 8660. The van der Waals surface area contributed by atoms with Gasteiger partial charge in [-0.1, -0.05) is 231 Å². The summed E-state index contributed by atoms with van der Waals surface area (Å²) in [5, 5.41) is 14.5. The summed E-state index contributed by atoms with van der Waals surface area (Å²) in [6, 6.07) is 140. The molecule has 0 aliphatic heterocycles. The summed E-state index contributed by atoms with van der Waals surface area (Å²) in [4.78, 5) is 42.0. The summed E-state index contributed by atoms with van der Waals surface area (Å²) < 4.78 is 9.77. The Morgan fingerprint density at radius 3 is 1.30 bits per heavy atom. The lowest BCUT2D eigenvalue weighted by atomic mass is 9.94. The zero-order valence-electron chi connectivity index (χ0n) is 68.7. The van der Waals surface area contributed by atoms with Crippen molar-refractivity contribution in [1.29, 1.82) is 0 Å². The van der Waals surface area contributed by atoms with Crippen molar-refractivity contribution in [2.75, 3.05) is 0 Å². The molecule has 0 spiro atoms. The van der Waals surface area contributed by atoms with Gasteiger partial charge in [0.2, 0.25) is 0 Å². The molecule has 0 saturated heterocycles. The molecular weight excluding hydrogens is 1580 g/mol. The molecule has 596 valence electrons. The normalized spacial score (nSPS) is 11.6. The monoisotopic (exact) mass is 1650 g/mol. The number of nitrogens with zero attached hydrogens (tertiary/aromatic N) is 12. The van der Waals surface area contributed by atoms with Gasteiger partial charge in [-0.2, -0.15) is 0 Å². The van der Waals surface area contributed by atoms with Gasteiger partial charge in [-0.15, -0.1) is 11.3 Å². The van der Waals surface area contributed by atoms with Crippen molar-refractivity contribution < 1.29 is 0 Å². The Kier molecular flexibility index (Phi) is 18.2. The first-order valence-corrected chi connectivity index (χ1v) is 43.4. The summed E-state index contributed by atoms with van der Waals surface area (Å²) in [6.45, 7) is 8.31. The molecule has 9 aromatic heterocycles. The number of hydrogen-bond acceptors (Lipinski definition) is 9. The van der Waals surface area contributed by atoms with Crippen LogP contribution in [0.3, 0.4) is 0 Å². The molecule has 9 heterocycles. The molecule has 0 radical (unpaired) electrons. The lowest BCUT2D eigenvalue weighted by Gasteiger charge is -2.15. The van der Waals surface area contributed by atoms with E-state index in [9.17, 15) is 0 Å². The average molecular weight is 1650 g/mol. The van der Waals surface area contributed by atoms with Gasteiger partial charge in [0.1, 0.15) is 11.5 Å². The van der Waals surface area contributed by atoms with Gasteiger partial charge in [0.25, 0.3) is 0 Å². The fourth-order valence-electron chi connectivity index (χ4n) is 18.6. The van der Waals surface area contributed by atoms with Crippen molar-refractivity contribution in [2.45, 2.75) is 0 Å². The van der Waals surface area contributed by atoms with Crippen LogP contribution in [0.4, 0.5) is 5.69 Å². The molecule has 0 N–H and O–H groups in total. The van der Waals surface area contributed by atoms with E-state index in [0.717, 1.165) is 128 Å². The predicted molar refractivity (Wildman–Crippen MR) is 527 cm³/mol. The maximum atomic E-state index is 8.31. The van der Waals surface area contributed by atoms with Crippen LogP contribution in [0, 0.1) is 6.57 Å². The standard InChI is InChI=1S/C58H35N5S.C57H35N7/c1-2-14-36(15-3-1)56-60-57(62-58(61-56)51-22-12-13-29-59-51)41-30-37-16-4-6-18-43(37)48(33-41)39-26-28-53-50(32-39)45-20-8-10-23-52(45)63(53)42-31-38-17-5-7-19-44(38)49(35-42)40-25-27-47-46-21-9-11-24-54(46)64-55(47)34-40;1-58-52-35-42(18-21-47(52)57-61-50(37-24-28-59-29-25-37)36-51(62-57)38-26-30-60-31-27-38)41-20-23-56-49(34-41)46-15-6-8-17-54(46)64(56)44-13-9-10-39(32-44)40-19-22-55-48(33-40)45-14-5-7-16-53(45)63(55)43-11-3-2-4-12-43/h1-35H;2-36H. The summed E-state index contributed by atoms with van der Waals surface area (Å²) in [5.74, 6) is 2.22. The highest BCUT2D eigenvalue weighted by Crippen LogP contribution is 2.46. The molecule has 0 aliphatic carbocycles. The topological polar surface area (TPSA) is 122 Å². The SMILES string of the molecule is [C-]#[N+]c1cc(-c2ccc3c(c2)c2ccccc2n3-c2cccc(-c3ccc4c(c3)c3ccccc3n4-c3ccccc3)c2)ccc1-c1nc(-c2ccncc2)cc(-c2ccncc2)n1.c1ccc(-c2nc(-c3cc(-c4ccc5c(c4)c4ccccc4n5-c4cc(-c5ccc6c(c5)sc5ccccc56)c5ccccc5c4)c4ccccc4c3)nc(-c3ccccn3)n2)cc1. The van der Waals surface area contributed by atoms with E-state index in [0.29, 0.717) is 40.2 Å². The van der Waals surface area contributed by atoms with Crippen LogP contribution in [0.25, 0.3) is 242 Å². The van der Waals surface area contributed by atoms with Crippen LogP contribution >= 0.6 is 11.3 Å². The number of fused-ring (bicyclic) bond motifs is 14. The van der Waals surface area contributed by atoms with Crippen molar-refractivity contribution in [1.82, 2.24) is 53.6 Å². The zero-order valence-corrected chi connectivity index (χ0v) is 69.5. The molecule has 16 aromatic carbocycles. The molecular formula is C115H70N12S. The number of hydrogen-bond donors (Lipinski definition) is 0. The highest BCUT2D eigenvalue weighted by atomic mass is 32.1. The second kappa shape index (κ2) is 31.2. The number of para-hydroxylation sites is 4. The van der Waals surface area contributed by atoms with Crippen LogP contribution in [0.1, 0.15) is 0 Å². The van der Waals surface area contributed by atoms with Gasteiger partial charge >= 0.3 is 0 Å². The van der Waals surface area contributed by atoms with Crippen molar-refractivity contribution in [3.63, 3.8) is 0 Å². The highest BCUT2D eigenvalue weighted by molar-refractivity contribution is 7.25. The number of aromatic nitrogens is 11. The Hall–Kier alpha value is -17.3. The molecule has 12 nitrogen and oxygen atoms in total. The van der Waals surface area contributed by atoms with E-state index in [1.807, 2.05) is 102 Å². The van der Waals surface area contributed by atoms with Crippen LogP contribution < -0.4 is 0 Å². The first-order valence-electron chi connectivity index (χ1n) is 42.6. The Morgan fingerprint density at radius 1 is 0.219 bits per heavy atom. The molecule has 0 unspecified atom stereocenters. The maximum Gasteiger partial charge on any atom is 0.198 e. The van der Waals surface area contributed by atoms with Gasteiger partial charge in [-0.25, -0.2) is 29.8 Å². The largest absolute Gasteiger partial charge is 0.309 e. The molecule has 25 aromatic rings. The molecule has 0 atom stereocenters. The summed E-state index contributed by atoms with van der Waals surface area (Å²) in [6.07, 6.45) is 8.78. The third kappa shape index (κ3) is 13.1. The third-order valence-electron chi connectivity index (χ3n) is 24.6. The van der Waals surface area contributed by atoms with Gasteiger partial charge in [0, 0.05) is 128 Å². The minimum absolute atomic E-state index is 0.479. The summed E-state index contributed by atoms with van der Waals surface area (Å²) in [5.41, 5.74) is 26.2. The first-order chi connectivity index (χ1) is 63.4. The van der Waals surface area contributed by atoms with Crippen molar-refractivity contribution in [2.24, 2.45) is 0 Å². The van der Waals surface area contributed by atoms with E-state index in [1.54, 1.807) is 31.0 Å². The van der Waals surface area contributed by atoms with Crippen molar-refractivity contribution in [3.05, 3.63) is 437 Å². The zero-order chi connectivity index (χ0) is 84.7. The van der Waals surface area contributed by atoms with Gasteiger partial charge in [0.05, 0.1) is 51.1 Å². The lowest BCUT2D eigenvalue weighted by Crippen LogP contribution is -2.01. The molecule has 0 saturated carbocycles. The van der Waals surface area contributed by atoms with E-state index >= 15 is 0 Å². The lowest BCUT2D eigenvalue weighted by molar-refractivity contribution is 1.06. The van der Waals surface area contributed by atoms with Crippen LogP contribution in [-0.2, 0) is 0 Å². The fraction of sp³-hybridized carbons (Fsp3) is 0. The second-order valence-corrected chi connectivity index (χ2v) is 33.2. The quantitative estimate of drug-likeness (QED) is 0.105. The molecule has 0 fully saturated rings. The molecule has 0 bridgehead atoms. The molecule has 13 heteroatoms. The van der Waals surface area contributed by atoms with Crippen LogP contribution in [0.5, 0.6) is 0 Å². The predicted octanol–water partition coefficient (Wildman–Crippen LogP) is 29.7. The minimum Gasteiger partial charge on any atom is -0.309 e. The van der Waals surface area contributed by atoms with E-state index < -0.39 is 0 Å². The number of benzene rings is 16. The Labute approximate surface area is 739 Å². The summed E-state index contributed by atoms with van der Waals surface area (Å²) in [7, 11) is 0. The molecule has 128 heavy (non-hydrogen) atoms. The smallest absolute Gasteiger partial charge is 0.198 e. The fourth-order valence-corrected chi connectivity index (χ4v) is 19.8.